The first-order valence-electron chi connectivity index (χ1n) is 11.7. The molecule has 3 aromatic rings. The number of carbonyl (C=O) groups excluding carboxylic acids is 1. The minimum atomic E-state index is -0.908. The van der Waals surface area contributed by atoms with Gasteiger partial charge < -0.3 is 25.0 Å². The molecule has 2 N–H and O–H groups in total. The number of aromatic nitrogens is 1. The van der Waals surface area contributed by atoms with Crippen molar-refractivity contribution in [2.24, 2.45) is 0 Å². The molecular formula is C27H28N4O4. The fourth-order valence-corrected chi connectivity index (χ4v) is 4.93. The van der Waals surface area contributed by atoms with Crippen molar-refractivity contribution in [1.29, 1.82) is 0 Å². The number of fused-ring (bicyclic) bond motifs is 2. The largest absolute Gasteiger partial charge is 0.493 e. The monoisotopic (exact) mass is 472 g/mol. The first-order valence-corrected chi connectivity index (χ1v) is 11.7. The molecule has 3 heterocycles. The van der Waals surface area contributed by atoms with Crippen molar-refractivity contribution in [3.05, 3.63) is 71.4 Å². The lowest BCUT2D eigenvalue weighted by Gasteiger charge is -2.28. The third-order valence-electron chi connectivity index (χ3n) is 6.65. The van der Waals surface area contributed by atoms with Gasteiger partial charge in [0.15, 0.2) is 0 Å². The maximum absolute atomic E-state index is 13.5. The highest BCUT2D eigenvalue weighted by atomic mass is 16.5. The van der Waals surface area contributed by atoms with Gasteiger partial charge in [0.2, 0.25) is 0 Å². The van der Waals surface area contributed by atoms with Crippen molar-refractivity contribution in [3.8, 4) is 5.75 Å². The number of nitrogens with zero attached hydrogens (tertiary/aromatic N) is 3. The van der Waals surface area contributed by atoms with Crippen molar-refractivity contribution >= 4 is 34.2 Å². The molecule has 0 bridgehead atoms. The number of nitrogens with one attached hydrogen (secondary N) is 1. The second-order valence-corrected chi connectivity index (χ2v) is 9.03. The molecule has 2 aromatic carbocycles. The van der Waals surface area contributed by atoms with Crippen LogP contribution in [0.1, 0.15) is 40.4 Å². The van der Waals surface area contributed by atoms with Gasteiger partial charge in [-0.2, -0.15) is 0 Å². The lowest BCUT2D eigenvalue weighted by molar-refractivity contribution is 0.0925. The van der Waals surface area contributed by atoms with E-state index in [-0.39, 0.29) is 11.9 Å². The maximum Gasteiger partial charge on any atom is 0.407 e. The summed E-state index contributed by atoms with van der Waals surface area (Å²) in [6.07, 6.45) is 4.01. The fourth-order valence-electron chi connectivity index (χ4n) is 4.93. The summed E-state index contributed by atoms with van der Waals surface area (Å²) in [5, 5.41) is 13.3. The van der Waals surface area contributed by atoms with E-state index in [4.69, 9.17) is 9.72 Å². The van der Waals surface area contributed by atoms with Gasteiger partial charge in [0.1, 0.15) is 5.75 Å². The Bertz CT molecular complexity index is 1330. The van der Waals surface area contributed by atoms with Crippen molar-refractivity contribution in [2.45, 2.75) is 18.9 Å². The number of amides is 2. The van der Waals surface area contributed by atoms with Crippen LogP contribution in [0.2, 0.25) is 0 Å². The van der Waals surface area contributed by atoms with Crippen molar-refractivity contribution in [3.63, 3.8) is 0 Å². The quantitative estimate of drug-likeness (QED) is 0.587. The number of anilines is 1. The molecule has 8 nitrogen and oxygen atoms in total. The zero-order valence-electron chi connectivity index (χ0n) is 19.8. The summed E-state index contributed by atoms with van der Waals surface area (Å²) in [5.74, 6) is 0.629. The van der Waals surface area contributed by atoms with E-state index < -0.39 is 6.09 Å². The zero-order chi connectivity index (χ0) is 24.5. The number of ether oxygens (including phenoxy) is 1. The van der Waals surface area contributed by atoms with Gasteiger partial charge in [-0.1, -0.05) is 42.5 Å². The van der Waals surface area contributed by atoms with Gasteiger partial charge in [-0.15, -0.1) is 0 Å². The molecule has 0 saturated carbocycles. The van der Waals surface area contributed by atoms with Crippen LogP contribution in [0.15, 0.2) is 54.7 Å². The van der Waals surface area contributed by atoms with E-state index in [0.29, 0.717) is 38.1 Å². The Morgan fingerprint density at radius 2 is 2.00 bits per heavy atom. The highest BCUT2D eigenvalue weighted by Crippen LogP contribution is 2.36. The molecule has 8 heteroatoms. The van der Waals surface area contributed by atoms with E-state index in [2.05, 4.69) is 5.32 Å². The SMILES string of the molecule is CN(C)c1c(C(=O)NC2CCOc3ccccc32)cnc2c(C3=CCN(C(=O)O)CC3)cccc12. The van der Waals surface area contributed by atoms with Crippen LogP contribution in [0.25, 0.3) is 16.5 Å². The summed E-state index contributed by atoms with van der Waals surface area (Å²) in [6, 6.07) is 13.6. The number of rotatable bonds is 4. The topological polar surface area (TPSA) is 95.0 Å². The number of carbonyl (C=O) groups is 2. The van der Waals surface area contributed by atoms with E-state index in [0.717, 1.165) is 39.0 Å². The molecule has 1 atom stereocenters. The third-order valence-corrected chi connectivity index (χ3v) is 6.65. The third kappa shape index (κ3) is 4.27. The predicted molar refractivity (Wildman–Crippen MR) is 135 cm³/mol. The molecule has 1 unspecified atom stereocenters. The molecule has 2 aliphatic heterocycles. The van der Waals surface area contributed by atoms with Crippen molar-refractivity contribution in [1.82, 2.24) is 15.2 Å². The molecule has 5 rings (SSSR count). The van der Waals surface area contributed by atoms with Crippen LogP contribution in [0, 0.1) is 0 Å². The lowest BCUT2D eigenvalue weighted by atomic mass is 9.95. The Morgan fingerprint density at radius 1 is 1.17 bits per heavy atom. The van der Waals surface area contributed by atoms with E-state index in [1.54, 1.807) is 6.20 Å². The van der Waals surface area contributed by atoms with Crippen LogP contribution in [0.5, 0.6) is 5.75 Å². The van der Waals surface area contributed by atoms with Gasteiger partial charge in [-0.3, -0.25) is 9.78 Å². The smallest absolute Gasteiger partial charge is 0.407 e. The van der Waals surface area contributed by atoms with Crippen LogP contribution < -0.4 is 15.0 Å². The average molecular weight is 473 g/mol. The standard InChI is InChI=1S/C27H28N4O4/c1-30(2)25-20-8-5-7-18(17-10-13-31(14-11-17)27(33)34)24(20)28-16-21(25)26(32)29-22-12-15-35-23-9-4-3-6-19(22)23/h3-10,16,22H,11-15H2,1-2H3,(H,29,32)(H,33,34). The first kappa shape index (κ1) is 22.7. The van der Waals surface area contributed by atoms with Crippen LogP contribution >= 0.6 is 0 Å². The minimum absolute atomic E-state index is 0.130. The molecule has 0 aliphatic carbocycles. The van der Waals surface area contributed by atoms with Crippen LogP contribution in [0.4, 0.5) is 10.5 Å². The number of benzene rings is 2. The van der Waals surface area contributed by atoms with Crippen molar-refractivity contribution in [2.75, 3.05) is 38.7 Å². The summed E-state index contributed by atoms with van der Waals surface area (Å²) in [7, 11) is 3.85. The van der Waals surface area contributed by atoms with Gasteiger partial charge in [0, 0.05) is 56.3 Å². The Hall–Kier alpha value is -4.07. The zero-order valence-corrected chi connectivity index (χ0v) is 19.8. The molecule has 1 aromatic heterocycles. The van der Waals surface area contributed by atoms with E-state index in [1.807, 2.05) is 67.5 Å². The van der Waals surface area contributed by atoms with Gasteiger partial charge in [-0.05, 0) is 18.1 Å². The Kier molecular flexibility index (Phi) is 6.03. The van der Waals surface area contributed by atoms with Gasteiger partial charge >= 0.3 is 6.09 Å². The van der Waals surface area contributed by atoms with Gasteiger partial charge in [-0.25, -0.2) is 4.79 Å². The predicted octanol–water partition coefficient (Wildman–Crippen LogP) is 4.32. The Balaban J connectivity index is 1.50. The Morgan fingerprint density at radius 3 is 2.74 bits per heavy atom. The number of hydrogen-bond donors (Lipinski definition) is 2. The molecule has 180 valence electrons. The fraction of sp³-hybridized carbons (Fsp3) is 0.296. The van der Waals surface area contributed by atoms with E-state index >= 15 is 0 Å². The molecule has 35 heavy (non-hydrogen) atoms. The second kappa shape index (κ2) is 9.29. The van der Waals surface area contributed by atoms with Crippen molar-refractivity contribution < 1.29 is 19.4 Å². The number of carboxylic acid groups (broad SMARTS) is 1. The van der Waals surface area contributed by atoms with E-state index in [9.17, 15) is 14.7 Å². The van der Waals surface area contributed by atoms with Gasteiger partial charge in [0.05, 0.1) is 29.4 Å². The van der Waals surface area contributed by atoms with Crippen LogP contribution in [-0.2, 0) is 0 Å². The summed E-state index contributed by atoms with van der Waals surface area (Å²) in [6.45, 7) is 1.36. The minimum Gasteiger partial charge on any atom is -0.493 e. The van der Waals surface area contributed by atoms with Crippen LogP contribution in [0.3, 0.4) is 0 Å². The highest BCUT2D eigenvalue weighted by molar-refractivity contribution is 6.09. The molecule has 0 fully saturated rings. The Labute approximate surface area is 203 Å². The molecule has 0 radical (unpaired) electrons. The second-order valence-electron chi connectivity index (χ2n) is 9.03. The first-order chi connectivity index (χ1) is 16.9. The average Bonchev–Trinajstić information content (AvgIpc) is 2.87. The molecule has 2 amide bonds. The number of para-hydroxylation sites is 2. The number of pyridine rings is 1. The highest BCUT2D eigenvalue weighted by Gasteiger charge is 2.26. The molecule has 2 aliphatic rings. The van der Waals surface area contributed by atoms with E-state index in [1.165, 1.54) is 4.90 Å². The maximum atomic E-state index is 13.5. The molecular weight excluding hydrogens is 444 g/mol. The van der Waals surface area contributed by atoms with Gasteiger partial charge in [0.25, 0.3) is 5.91 Å². The molecule has 0 spiro atoms. The summed E-state index contributed by atoms with van der Waals surface area (Å²) in [4.78, 5) is 32.8. The summed E-state index contributed by atoms with van der Waals surface area (Å²) >= 11 is 0. The summed E-state index contributed by atoms with van der Waals surface area (Å²) < 4.78 is 5.74. The molecule has 0 saturated heterocycles. The summed E-state index contributed by atoms with van der Waals surface area (Å²) in [5.41, 5.74) is 5.15. The van der Waals surface area contributed by atoms with Crippen LogP contribution in [-0.4, -0.2) is 60.8 Å². The number of hydrogen-bond acceptors (Lipinski definition) is 5. The normalized spacial score (nSPS) is 17.3. The lowest BCUT2D eigenvalue weighted by Crippen LogP contribution is -2.33.